The van der Waals surface area contributed by atoms with Gasteiger partial charge in [0.2, 0.25) is 5.89 Å². The smallest absolute Gasteiger partial charge is 0.234 e. The van der Waals surface area contributed by atoms with Gasteiger partial charge in [-0.2, -0.15) is 4.98 Å². The molecule has 0 unspecified atom stereocenters. The van der Waals surface area contributed by atoms with Crippen LogP contribution in [0.3, 0.4) is 0 Å². The third-order valence-corrected chi connectivity index (χ3v) is 1.79. The number of carbonyl (C=O) groups is 1. The van der Waals surface area contributed by atoms with Gasteiger partial charge in [-0.05, 0) is 0 Å². The highest BCUT2D eigenvalue weighted by atomic mass is 16.5. The van der Waals surface area contributed by atoms with E-state index >= 15 is 0 Å². The Kier molecular flexibility index (Phi) is 3.57. The summed E-state index contributed by atoms with van der Waals surface area (Å²) in [6.45, 7) is 6.03. The van der Waals surface area contributed by atoms with Gasteiger partial charge in [0.05, 0.1) is 6.42 Å². The van der Waals surface area contributed by atoms with Crippen LogP contribution in [-0.4, -0.2) is 29.6 Å². The summed E-state index contributed by atoms with van der Waals surface area (Å²) < 4.78 is 9.68. The monoisotopic (exact) mass is 212 g/mol. The van der Waals surface area contributed by atoms with Gasteiger partial charge in [0.1, 0.15) is 6.61 Å². The topological polar surface area (TPSA) is 65.2 Å². The van der Waals surface area contributed by atoms with Gasteiger partial charge in [-0.3, -0.25) is 4.79 Å². The van der Waals surface area contributed by atoms with Crippen LogP contribution in [0, 0.1) is 0 Å². The zero-order valence-corrected chi connectivity index (χ0v) is 9.53. The lowest BCUT2D eigenvalue weighted by Gasteiger charge is -2.10. The molecule has 5 heteroatoms. The van der Waals surface area contributed by atoms with Gasteiger partial charge in [-0.25, -0.2) is 0 Å². The zero-order valence-electron chi connectivity index (χ0n) is 9.53. The Morgan fingerprint density at radius 1 is 1.47 bits per heavy atom. The van der Waals surface area contributed by atoms with Crippen molar-refractivity contribution in [2.75, 3.05) is 13.7 Å². The SMILES string of the molecule is COCC(=O)Cc1nc(C(C)(C)C)no1. The maximum Gasteiger partial charge on any atom is 0.234 e. The Morgan fingerprint density at radius 3 is 2.60 bits per heavy atom. The third-order valence-electron chi connectivity index (χ3n) is 1.79. The van der Waals surface area contributed by atoms with Crippen LogP contribution < -0.4 is 0 Å². The molecule has 0 fully saturated rings. The number of carbonyl (C=O) groups excluding carboxylic acids is 1. The number of methoxy groups -OCH3 is 1. The van der Waals surface area contributed by atoms with Gasteiger partial charge < -0.3 is 9.26 Å². The van der Waals surface area contributed by atoms with E-state index in [-0.39, 0.29) is 24.2 Å². The maximum absolute atomic E-state index is 11.2. The quantitative estimate of drug-likeness (QED) is 0.748. The number of aromatic nitrogens is 2. The zero-order chi connectivity index (χ0) is 11.5. The molecule has 0 bridgehead atoms. The van der Waals surface area contributed by atoms with Crippen molar-refractivity contribution in [2.24, 2.45) is 0 Å². The molecule has 0 radical (unpaired) electrons. The van der Waals surface area contributed by atoms with Crippen molar-refractivity contribution < 1.29 is 14.1 Å². The molecule has 0 amide bonds. The summed E-state index contributed by atoms with van der Waals surface area (Å²) in [4.78, 5) is 15.4. The summed E-state index contributed by atoms with van der Waals surface area (Å²) >= 11 is 0. The fraction of sp³-hybridized carbons (Fsp3) is 0.700. The van der Waals surface area contributed by atoms with E-state index in [1.165, 1.54) is 7.11 Å². The van der Waals surface area contributed by atoms with Gasteiger partial charge in [0.15, 0.2) is 11.6 Å². The van der Waals surface area contributed by atoms with E-state index in [0.29, 0.717) is 11.7 Å². The van der Waals surface area contributed by atoms with E-state index in [9.17, 15) is 4.79 Å². The van der Waals surface area contributed by atoms with Crippen LogP contribution in [-0.2, 0) is 21.4 Å². The van der Waals surface area contributed by atoms with E-state index in [2.05, 4.69) is 10.1 Å². The summed E-state index contributed by atoms with van der Waals surface area (Å²) in [6, 6.07) is 0. The van der Waals surface area contributed by atoms with Gasteiger partial charge >= 0.3 is 0 Å². The molecule has 15 heavy (non-hydrogen) atoms. The Labute approximate surface area is 88.8 Å². The first-order valence-corrected chi connectivity index (χ1v) is 4.77. The van der Waals surface area contributed by atoms with Crippen molar-refractivity contribution in [3.63, 3.8) is 0 Å². The number of ketones is 1. The van der Waals surface area contributed by atoms with E-state index in [1.807, 2.05) is 20.8 Å². The number of Topliss-reactive ketones (excluding diaryl/α,β-unsaturated/α-hetero) is 1. The lowest BCUT2D eigenvalue weighted by atomic mass is 9.96. The predicted molar refractivity (Wildman–Crippen MR) is 53.6 cm³/mol. The van der Waals surface area contributed by atoms with Crippen LogP contribution >= 0.6 is 0 Å². The van der Waals surface area contributed by atoms with Gasteiger partial charge in [-0.1, -0.05) is 25.9 Å². The Hall–Kier alpha value is -1.23. The fourth-order valence-electron chi connectivity index (χ4n) is 1.01. The fourth-order valence-corrected chi connectivity index (χ4v) is 1.01. The van der Waals surface area contributed by atoms with Gasteiger partial charge in [0, 0.05) is 12.5 Å². The molecule has 1 rings (SSSR count). The van der Waals surface area contributed by atoms with Crippen LogP contribution in [0.1, 0.15) is 32.5 Å². The number of ether oxygens (including phenoxy) is 1. The second-order valence-corrected chi connectivity index (χ2v) is 4.41. The van der Waals surface area contributed by atoms with E-state index < -0.39 is 0 Å². The van der Waals surface area contributed by atoms with Crippen LogP contribution in [0.2, 0.25) is 0 Å². The molecule has 5 nitrogen and oxygen atoms in total. The Balaban J connectivity index is 2.65. The summed E-state index contributed by atoms with van der Waals surface area (Å²) in [5.41, 5.74) is -0.161. The minimum atomic E-state index is -0.161. The molecule has 1 aromatic heterocycles. The molecule has 0 aliphatic heterocycles. The molecular weight excluding hydrogens is 196 g/mol. The van der Waals surface area contributed by atoms with Crippen molar-refractivity contribution in [3.8, 4) is 0 Å². The van der Waals surface area contributed by atoms with Crippen LogP contribution in [0.5, 0.6) is 0 Å². The second-order valence-electron chi connectivity index (χ2n) is 4.41. The highest BCUT2D eigenvalue weighted by Gasteiger charge is 2.21. The molecule has 84 valence electrons. The Morgan fingerprint density at radius 2 is 2.13 bits per heavy atom. The first-order valence-electron chi connectivity index (χ1n) is 4.77. The third kappa shape index (κ3) is 3.43. The number of hydrogen-bond donors (Lipinski definition) is 0. The summed E-state index contributed by atoms with van der Waals surface area (Å²) in [5.74, 6) is 0.895. The van der Waals surface area contributed by atoms with Crippen LogP contribution in [0.15, 0.2) is 4.52 Å². The molecule has 0 aliphatic carbocycles. The van der Waals surface area contributed by atoms with Gasteiger partial charge in [0.25, 0.3) is 0 Å². The number of nitrogens with zero attached hydrogens (tertiary/aromatic N) is 2. The molecule has 0 aromatic carbocycles. The van der Waals surface area contributed by atoms with Crippen molar-refractivity contribution >= 4 is 5.78 Å². The minimum Gasteiger partial charge on any atom is -0.377 e. The summed E-state index contributed by atoms with van der Waals surface area (Å²) in [7, 11) is 1.48. The number of hydrogen-bond acceptors (Lipinski definition) is 5. The predicted octanol–water partition coefficient (Wildman–Crippen LogP) is 1.13. The molecular formula is C10H16N2O3. The second kappa shape index (κ2) is 4.53. The normalized spacial score (nSPS) is 11.7. The molecule has 1 aromatic rings. The largest absolute Gasteiger partial charge is 0.377 e. The maximum atomic E-state index is 11.2. The summed E-state index contributed by atoms with van der Waals surface area (Å²) in [5, 5.41) is 3.82. The molecule has 0 aliphatic rings. The van der Waals surface area contributed by atoms with E-state index in [1.54, 1.807) is 0 Å². The van der Waals surface area contributed by atoms with E-state index in [4.69, 9.17) is 9.26 Å². The van der Waals surface area contributed by atoms with Crippen LogP contribution in [0.4, 0.5) is 0 Å². The Bertz CT molecular complexity index is 339. The van der Waals surface area contributed by atoms with Crippen molar-refractivity contribution in [3.05, 3.63) is 11.7 Å². The minimum absolute atomic E-state index is 0.0680. The lowest BCUT2D eigenvalue weighted by molar-refractivity contribution is -0.122. The molecule has 0 N–H and O–H groups in total. The first-order chi connectivity index (χ1) is 6.93. The van der Waals surface area contributed by atoms with E-state index in [0.717, 1.165) is 0 Å². The van der Waals surface area contributed by atoms with Crippen molar-refractivity contribution in [2.45, 2.75) is 32.6 Å². The average molecular weight is 212 g/mol. The van der Waals surface area contributed by atoms with Crippen molar-refractivity contribution in [1.29, 1.82) is 0 Å². The molecule has 0 spiro atoms. The highest BCUT2D eigenvalue weighted by Crippen LogP contribution is 2.18. The number of rotatable bonds is 4. The lowest BCUT2D eigenvalue weighted by Crippen LogP contribution is -2.14. The van der Waals surface area contributed by atoms with Crippen LogP contribution in [0.25, 0.3) is 0 Å². The average Bonchev–Trinajstić information content (AvgIpc) is 2.52. The molecule has 1 heterocycles. The van der Waals surface area contributed by atoms with Gasteiger partial charge in [-0.15, -0.1) is 0 Å². The molecule has 0 atom stereocenters. The first kappa shape index (κ1) is 11.8. The standard InChI is InChI=1S/C10H16N2O3/c1-10(2,3)9-11-8(15-12-9)5-7(13)6-14-4/h5-6H2,1-4H3. The summed E-state index contributed by atoms with van der Waals surface area (Å²) in [6.07, 6.45) is 0.136. The molecule has 0 saturated heterocycles. The molecule has 0 saturated carbocycles. The highest BCUT2D eigenvalue weighted by molar-refractivity contribution is 5.81. The van der Waals surface area contributed by atoms with Crippen molar-refractivity contribution in [1.82, 2.24) is 10.1 Å².